The highest BCUT2D eigenvalue weighted by Gasteiger charge is 2.24. The van der Waals surface area contributed by atoms with Gasteiger partial charge >= 0.3 is 0 Å². The Hall–Kier alpha value is -1.84. The van der Waals surface area contributed by atoms with E-state index in [-0.39, 0.29) is 5.75 Å². The van der Waals surface area contributed by atoms with E-state index in [1.165, 1.54) is 12.8 Å². The van der Waals surface area contributed by atoms with Gasteiger partial charge in [-0.1, -0.05) is 24.9 Å². The zero-order chi connectivity index (χ0) is 14.1. The zero-order valence-corrected chi connectivity index (χ0v) is 12.0. The SMILES string of the molecule is Cc1cc(-c2nc(C3CCCC(C)C3)no2)ccc1O. The highest BCUT2D eigenvalue weighted by Crippen LogP contribution is 2.35. The van der Waals surface area contributed by atoms with Crippen molar-refractivity contribution in [2.45, 2.75) is 45.4 Å². The van der Waals surface area contributed by atoms with E-state index < -0.39 is 0 Å². The maximum atomic E-state index is 9.56. The first-order chi connectivity index (χ1) is 9.63. The van der Waals surface area contributed by atoms with Gasteiger partial charge in [-0.25, -0.2) is 0 Å². The largest absolute Gasteiger partial charge is 0.508 e. The molecule has 2 atom stereocenters. The molecule has 1 N–H and O–H groups in total. The van der Waals surface area contributed by atoms with E-state index >= 15 is 0 Å². The number of hydrogen-bond donors (Lipinski definition) is 1. The van der Waals surface area contributed by atoms with Crippen LogP contribution in [0.25, 0.3) is 11.5 Å². The maximum absolute atomic E-state index is 9.56. The first kappa shape index (κ1) is 13.2. The summed E-state index contributed by atoms with van der Waals surface area (Å²) < 4.78 is 5.39. The molecule has 3 rings (SSSR count). The third kappa shape index (κ3) is 2.55. The molecule has 1 heterocycles. The van der Waals surface area contributed by atoms with Gasteiger partial charge in [0.2, 0.25) is 0 Å². The molecule has 106 valence electrons. The molecule has 1 saturated carbocycles. The zero-order valence-electron chi connectivity index (χ0n) is 12.0. The number of nitrogens with zero attached hydrogens (tertiary/aromatic N) is 2. The van der Waals surface area contributed by atoms with E-state index in [1.807, 2.05) is 19.1 Å². The summed E-state index contributed by atoms with van der Waals surface area (Å²) >= 11 is 0. The van der Waals surface area contributed by atoms with Crippen molar-refractivity contribution in [3.8, 4) is 17.2 Å². The second kappa shape index (κ2) is 5.27. The van der Waals surface area contributed by atoms with Crippen molar-refractivity contribution in [1.29, 1.82) is 0 Å². The van der Waals surface area contributed by atoms with Crippen LogP contribution in [0.2, 0.25) is 0 Å². The highest BCUT2D eigenvalue weighted by atomic mass is 16.5. The minimum absolute atomic E-state index is 0.287. The predicted molar refractivity (Wildman–Crippen MR) is 76.5 cm³/mol. The molecular formula is C16H20N2O2. The van der Waals surface area contributed by atoms with Crippen molar-refractivity contribution in [3.05, 3.63) is 29.6 Å². The van der Waals surface area contributed by atoms with Crippen LogP contribution in [0.15, 0.2) is 22.7 Å². The molecule has 1 aromatic heterocycles. The molecule has 1 aliphatic rings. The highest BCUT2D eigenvalue weighted by molar-refractivity contribution is 5.56. The molecule has 20 heavy (non-hydrogen) atoms. The monoisotopic (exact) mass is 272 g/mol. The van der Waals surface area contributed by atoms with E-state index in [0.29, 0.717) is 11.8 Å². The smallest absolute Gasteiger partial charge is 0.257 e. The molecule has 2 unspecified atom stereocenters. The maximum Gasteiger partial charge on any atom is 0.257 e. The van der Waals surface area contributed by atoms with Crippen LogP contribution in [-0.4, -0.2) is 15.2 Å². The Balaban J connectivity index is 1.84. The van der Waals surface area contributed by atoms with Crippen LogP contribution in [-0.2, 0) is 0 Å². The lowest BCUT2D eigenvalue weighted by molar-refractivity contribution is 0.324. The number of aromatic nitrogens is 2. The summed E-state index contributed by atoms with van der Waals surface area (Å²) in [5, 5.41) is 13.7. The van der Waals surface area contributed by atoms with Gasteiger partial charge in [0, 0.05) is 11.5 Å². The topological polar surface area (TPSA) is 59.2 Å². The van der Waals surface area contributed by atoms with E-state index in [4.69, 9.17) is 4.52 Å². The van der Waals surface area contributed by atoms with Crippen molar-refractivity contribution < 1.29 is 9.63 Å². The summed E-state index contributed by atoms with van der Waals surface area (Å²) in [6, 6.07) is 5.34. The molecule has 0 spiro atoms. The van der Waals surface area contributed by atoms with Gasteiger partial charge in [-0.2, -0.15) is 4.98 Å². The Morgan fingerprint density at radius 2 is 2.15 bits per heavy atom. The molecular weight excluding hydrogens is 252 g/mol. The van der Waals surface area contributed by atoms with Crippen LogP contribution in [0.5, 0.6) is 5.75 Å². The average molecular weight is 272 g/mol. The summed E-state index contributed by atoms with van der Waals surface area (Å²) in [6.07, 6.45) is 4.85. The molecule has 1 fully saturated rings. The van der Waals surface area contributed by atoms with E-state index in [9.17, 15) is 5.11 Å². The van der Waals surface area contributed by atoms with Crippen molar-refractivity contribution in [3.63, 3.8) is 0 Å². The molecule has 0 saturated heterocycles. The number of phenols is 1. The summed E-state index contributed by atoms with van der Waals surface area (Å²) in [6.45, 7) is 4.15. The number of hydrogen-bond acceptors (Lipinski definition) is 4. The summed E-state index contributed by atoms with van der Waals surface area (Å²) in [7, 11) is 0. The molecule has 0 radical (unpaired) electrons. The molecule has 0 bridgehead atoms. The Kier molecular flexibility index (Phi) is 3.47. The van der Waals surface area contributed by atoms with Gasteiger partial charge in [0.15, 0.2) is 5.82 Å². The van der Waals surface area contributed by atoms with Gasteiger partial charge in [0.05, 0.1) is 0 Å². The lowest BCUT2D eigenvalue weighted by Crippen LogP contribution is -2.12. The molecule has 0 amide bonds. The van der Waals surface area contributed by atoms with E-state index in [1.54, 1.807) is 6.07 Å². The Morgan fingerprint density at radius 1 is 1.30 bits per heavy atom. The quantitative estimate of drug-likeness (QED) is 0.896. The lowest BCUT2D eigenvalue weighted by Gasteiger charge is -2.23. The van der Waals surface area contributed by atoms with Gasteiger partial charge in [0.25, 0.3) is 5.89 Å². The molecule has 4 nitrogen and oxygen atoms in total. The molecule has 2 aromatic rings. The fourth-order valence-electron chi connectivity index (χ4n) is 2.98. The van der Waals surface area contributed by atoms with Gasteiger partial charge in [-0.05, 0) is 49.4 Å². The van der Waals surface area contributed by atoms with E-state index in [0.717, 1.165) is 35.7 Å². The fourth-order valence-corrected chi connectivity index (χ4v) is 2.98. The van der Waals surface area contributed by atoms with Crippen LogP contribution >= 0.6 is 0 Å². The fraction of sp³-hybridized carbons (Fsp3) is 0.500. The van der Waals surface area contributed by atoms with Crippen LogP contribution in [0.1, 0.15) is 49.9 Å². The average Bonchev–Trinajstić information content (AvgIpc) is 2.92. The van der Waals surface area contributed by atoms with Crippen molar-refractivity contribution in [2.75, 3.05) is 0 Å². The molecule has 1 aliphatic carbocycles. The van der Waals surface area contributed by atoms with Gasteiger partial charge in [0.1, 0.15) is 5.75 Å². The predicted octanol–water partition coefficient (Wildman–Crippen LogP) is 4.04. The number of aromatic hydroxyl groups is 1. The normalized spacial score (nSPS) is 22.9. The van der Waals surface area contributed by atoms with Crippen molar-refractivity contribution in [2.24, 2.45) is 5.92 Å². The molecule has 0 aliphatic heterocycles. The van der Waals surface area contributed by atoms with Crippen molar-refractivity contribution >= 4 is 0 Å². The minimum atomic E-state index is 0.287. The summed E-state index contributed by atoms with van der Waals surface area (Å²) in [5.41, 5.74) is 1.68. The van der Waals surface area contributed by atoms with Crippen molar-refractivity contribution in [1.82, 2.24) is 10.1 Å². The molecule has 4 heteroatoms. The van der Waals surface area contributed by atoms with Crippen LogP contribution in [0.3, 0.4) is 0 Å². The van der Waals surface area contributed by atoms with Gasteiger partial charge < -0.3 is 9.63 Å². The number of rotatable bonds is 2. The number of aryl methyl sites for hydroxylation is 1. The second-order valence-electron chi connectivity index (χ2n) is 5.93. The summed E-state index contributed by atoms with van der Waals surface area (Å²) in [5.74, 6) is 2.83. The first-order valence-corrected chi connectivity index (χ1v) is 7.27. The van der Waals surface area contributed by atoms with Crippen LogP contribution in [0, 0.1) is 12.8 Å². The van der Waals surface area contributed by atoms with E-state index in [2.05, 4.69) is 17.1 Å². The van der Waals surface area contributed by atoms with Gasteiger partial charge in [-0.3, -0.25) is 0 Å². The third-order valence-corrected chi connectivity index (χ3v) is 4.19. The Labute approximate surface area is 118 Å². The van der Waals surface area contributed by atoms with Crippen LogP contribution < -0.4 is 0 Å². The first-order valence-electron chi connectivity index (χ1n) is 7.27. The lowest BCUT2D eigenvalue weighted by atomic mass is 9.82. The molecule has 1 aromatic carbocycles. The number of phenolic OH excluding ortho intramolecular Hbond substituents is 1. The minimum Gasteiger partial charge on any atom is -0.508 e. The van der Waals surface area contributed by atoms with Gasteiger partial charge in [-0.15, -0.1) is 0 Å². The van der Waals surface area contributed by atoms with Crippen LogP contribution in [0.4, 0.5) is 0 Å². The third-order valence-electron chi connectivity index (χ3n) is 4.19. The number of benzene rings is 1. The standard InChI is InChI=1S/C16H20N2O2/c1-10-4-3-5-12(8-10)15-17-16(20-18-15)13-6-7-14(19)11(2)9-13/h6-7,9-10,12,19H,3-5,8H2,1-2H3. The Morgan fingerprint density at radius 3 is 2.90 bits per heavy atom. The second-order valence-corrected chi connectivity index (χ2v) is 5.93. The summed E-state index contributed by atoms with van der Waals surface area (Å²) in [4.78, 5) is 4.55. The Bertz CT molecular complexity index is 606.